The molecule has 160 valence electrons. The summed E-state index contributed by atoms with van der Waals surface area (Å²) in [6.07, 6.45) is 4.05. The van der Waals surface area contributed by atoms with Crippen molar-refractivity contribution in [3.8, 4) is 5.75 Å². The second kappa shape index (κ2) is 8.40. The first-order chi connectivity index (χ1) is 14.4. The summed E-state index contributed by atoms with van der Waals surface area (Å²) in [5.41, 5.74) is 0.898. The van der Waals surface area contributed by atoms with Crippen LogP contribution in [0.15, 0.2) is 59.5 Å². The molecule has 2 aromatic rings. The van der Waals surface area contributed by atoms with Gasteiger partial charge in [-0.1, -0.05) is 36.8 Å². The summed E-state index contributed by atoms with van der Waals surface area (Å²) >= 11 is 0. The molecule has 1 amide bonds. The largest absolute Gasteiger partial charge is 0.497 e. The minimum Gasteiger partial charge on any atom is -0.497 e. The van der Waals surface area contributed by atoms with Gasteiger partial charge >= 0.3 is 0 Å². The summed E-state index contributed by atoms with van der Waals surface area (Å²) in [4.78, 5) is 14.9. The van der Waals surface area contributed by atoms with Crippen LogP contribution in [-0.2, 0) is 21.4 Å². The van der Waals surface area contributed by atoms with Crippen molar-refractivity contribution in [2.75, 3.05) is 13.7 Å². The number of hydrogen-bond acceptors (Lipinski definition) is 4. The van der Waals surface area contributed by atoms with Gasteiger partial charge < -0.3 is 9.64 Å². The van der Waals surface area contributed by atoms with Gasteiger partial charge in [0.2, 0.25) is 15.9 Å². The predicted molar refractivity (Wildman–Crippen MR) is 114 cm³/mol. The molecule has 2 atom stereocenters. The van der Waals surface area contributed by atoms with E-state index in [1.54, 1.807) is 31.4 Å². The molecular formula is C23H28N2O4S. The van der Waals surface area contributed by atoms with Gasteiger partial charge in [-0.05, 0) is 49.1 Å². The molecule has 1 saturated heterocycles. The van der Waals surface area contributed by atoms with E-state index in [9.17, 15) is 13.2 Å². The van der Waals surface area contributed by atoms with Gasteiger partial charge in [0.15, 0.2) is 0 Å². The first kappa shape index (κ1) is 20.9. The molecule has 4 rings (SSSR count). The Balaban J connectivity index is 1.51. The Labute approximate surface area is 178 Å². The fourth-order valence-electron chi connectivity index (χ4n) is 4.92. The second-order valence-electron chi connectivity index (χ2n) is 8.28. The number of hydrogen-bond donors (Lipinski definition) is 1. The summed E-state index contributed by atoms with van der Waals surface area (Å²) in [6.45, 7) is 0.932. The van der Waals surface area contributed by atoms with Crippen LogP contribution in [0.4, 0.5) is 0 Å². The molecule has 2 aliphatic rings. The van der Waals surface area contributed by atoms with Crippen molar-refractivity contribution in [3.63, 3.8) is 0 Å². The van der Waals surface area contributed by atoms with Crippen LogP contribution in [-0.4, -0.2) is 38.9 Å². The molecule has 0 aromatic heterocycles. The normalized spacial score (nSPS) is 24.0. The molecule has 1 aliphatic heterocycles. The number of carbonyl (C=O) groups is 1. The molecular weight excluding hydrogens is 400 g/mol. The number of nitrogens with zero attached hydrogens (tertiary/aromatic N) is 1. The van der Waals surface area contributed by atoms with Crippen LogP contribution >= 0.6 is 0 Å². The number of carbonyl (C=O) groups excluding carboxylic acids is 1. The number of nitrogens with one attached hydrogen (secondary N) is 1. The number of ether oxygens (including phenoxy) is 1. The van der Waals surface area contributed by atoms with Crippen LogP contribution in [0.25, 0.3) is 0 Å². The lowest BCUT2D eigenvalue weighted by molar-refractivity contribution is -0.142. The first-order valence-electron chi connectivity index (χ1n) is 10.4. The van der Waals surface area contributed by atoms with E-state index >= 15 is 0 Å². The zero-order chi connectivity index (χ0) is 21.2. The number of amides is 1. The van der Waals surface area contributed by atoms with Crippen molar-refractivity contribution >= 4 is 15.9 Å². The Morgan fingerprint density at radius 2 is 1.83 bits per heavy atom. The van der Waals surface area contributed by atoms with Gasteiger partial charge in [0.05, 0.1) is 12.0 Å². The predicted octanol–water partition coefficient (Wildman–Crippen LogP) is 3.34. The summed E-state index contributed by atoms with van der Waals surface area (Å²) in [5.74, 6) is 0.783. The van der Waals surface area contributed by atoms with Crippen molar-refractivity contribution < 1.29 is 17.9 Å². The van der Waals surface area contributed by atoms with E-state index in [0.717, 1.165) is 31.2 Å². The molecule has 6 nitrogen and oxygen atoms in total. The highest BCUT2D eigenvalue weighted by Gasteiger charge is 2.50. The maximum absolute atomic E-state index is 12.9. The van der Waals surface area contributed by atoms with Gasteiger partial charge in [0.1, 0.15) is 5.75 Å². The molecule has 30 heavy (non-hydrogen) atoms. The van der Waals surface area contributed by atoms with E-state index in [4.69, 9.17) is 4.74 Å². The van der Waals surface area contributed by atoms with Gasteiger partial charge in [-0.25, -0.2) is 13.1 Å². The van der Waals surface area contributed by atoms with E-state index in [1.165, 1.54) is 0 Å². The number of methoxy groups -OCH3 is 1. The number of fused-ring (bicyclic) bond motifs is 1. The third kappa shape index (κ3) is 4.09. The van der Waals surface area contributed by atoms with Crippen molar-refractivity contribution in [2.45, 2.75) is 49.6 Å². The summed E-state index contributed by atoms with van der Waals surface area (Å²) in [5, 5.41) is 0. The van der Waals surface area contributed by atoms with Crippen LogP contribution in [0.1, 0.15) is 37.7 Å². The second-order valence-corrected chi connectivity index (χ2v) is 10.0. The van der Waals surface area contributed by atoms with E-state index in [1.807, 2.05) is 35.2 Å². The SMILES string of the molecule is COc1ccc(S(=O)(=O)NC[C@@]23CCC[C@H]2N(Cc2ccccc2)C(=O)CC3)cc1. The molecule has 2 aromatic carbocycles. The van der Waals surface area contributed by atoms with Crippen molar-refractivity contribution in [1.82, 2.24) is 9.62 Å². The molecule has 2 fully saturated rings. The number of sulfonamides is 1. The number of likely N-dealkylation sites (tertiary alicyclic amines) is 1. The topological polar surface area (TPSA) is 75.7 Å². The smallest absolute Gasteiger partial charge is 0.240 e. The lowest BCUT2D eigenvalue weighted by Crippen LogP contribution is -2.55. The van der Waals surface area contributed by atoms with Gasteiger partial charge in [-0.15, -0.1) is 0 Å². The van der Waals surface area contributed by atoms with E-state index in [-0.39, 0.29) is 22.3 Å². The Hall–Kier alpha value is -2.38. The minimum atomic E-state index is -3.63. The average molecular weight is 429 g/mol. The quantitative estimate of drug-likeness (QED) is 0.734. The van der Waals surface area contributed by atoms with Crippen LogP contribution in [0.2, 0.25) is 0 Å². The molecule has 7 heteroatoms. The van der Waals surface area contributed by atoms with Gasteiger partial charge in [-0.2, -0.15) is 0 Å². The lowest BCUT2D eigenvalue weighted by atomic mass is 9.74. The Morgan fingerprint density at radius 3 is 2.53 bits per heavy atom. The molecule has 1 aliphatic carbocycles. The van der Waals surface area contributed by atoms with Crippen molar-refractivity contribution in [2.24, 2.45) is 5.41 Å². The molecule has 0 spiro atoms. The van der Waals surface area contributed by atoms with Gasteiger partial charge in [0.25, 0.3) is 0 Å². The average Bonchev–Trinajstić information content (AvgIpc) is 3.20. The Morgan fingerprint density at radius 1 is 1.10 bits per heavy atom. The third-order valence-electron chi connectivity index (χ3n) is 6.57. The molecule has 0 bridgehead atoms. The third-order valence-corrected chi connectivity index (χ3v) is 7.99. The standard InChI is InChI=1S/C23H28N2O4S/c1-29-19-9-11-20(12-10-19)30(27,28)24-17-23-14-5-8-21(23)25(22(26)13-15-23)16-18-6-3-2-4-7-18/h2-4,6-7,9-12,21,24H,5,8,13-17H2,1H3/t21-,23+/m1/s1. The Kier molecular flexibility index (Phi) is 5.84. The number of benzene rings is 2. The minimum absolute atomic E-state index is 0.0672. The highest BCUT2D eigenvalue weighted by molar-refractivity contribution is 7.89. The lowest BCUT2D eigenvalue weighted by Gasteiger charge is -2.46. The fourth-order valence-corrected chi connectivity index (χ4v) is 6.06. The van der Waals surface area contributed by atoms with Gasteiger partial charge in [0, 0.05) is 31.0 Å². The van der Waals surface area contributed by atoms with Crippen LogP contribution < -0.4 is 9.46 Å². The fraction of sp³-hybridized carbons (Fsp3) is 0.435. The molecule has 0 unspecified atom stereocenters. The summed E-state index contributed by atoms with van der Waals surface area (Å²) in [6, 6.07) is 16.5. The maximum atomic E-state index is 12.9. The van der Waals surface area contributed by atoms with Crippen LogP contribution in [0.5, 0.6) is 5.75 Å². The number of rotatable bonds is 7. The summed E-state index contributed by atoms with van der Waals surface area (Å²) < 4.78 is 33.7. The molecule has 1 heterocycles. The highest BCUT2D eigenvalue weighted by atomic mass is 32.2. The zero-order valence-corrected chi connectivity index (χ0v) is 18.0. The first-order valence-corrected chi connectivity index (χ1v) is 11.9. The summed E-state index contributed by atoms with van der Waals surface area (Å²) in [7, 11) is -2.08. The zero-order valence-electron chi connectivity index (χ0n) is 17.2. The van der Waals surface area contributed by atoms with E-state index in [0.29, 0.717) is 25.3 Å². The van der Waals surface area contributed by atoms with E-state index < -0.39 is 10.0 Å². The van der Waals surface area contributed by atoms with Crippen molar-refractivity contribution in [3.05, 3.63) is 60.2 Å². The maximum Gasteiger partial charge on any atom is 0.240 e. The van der Waals surface area contributed by atoms with Crippen molar-refractivity contribution in [1.29, 1.82) is 0 Å². The van der Waals surface area contributed by atoms with Crippen LogP contribution in [0, 0.1) is 5.41 Å². The number of piperidine rings is 1. The monoisotopic (exact) mass is 428 g/mol. The molecule has 1 saturated carbocycles. The Bertz CT molecular complexity index is 992. The van der Waals surface area contributed by atoms with E-state index in [2.05, 4.69) is 4.72 Å². The molecule has 0 radical (unpaired) electrons. The highest BCUT2D eigenvalue weighted by Crippen LogP contribution is 2.48. The van der Waals surface area contributed by atoms with Crippen LogP contribution in [0.3, 0.4) is 0 Å². The van der Waals surface area contributed by atoms with Gasteiger partial charge in [-0.3, -0.25) is 4.79 Å². The molecule has 1 N–H and O–H groups in total.